The topological polar surface area (TPSA) is 9.23 Å². The zero-order valence-corrected chi connectivity index (χ0v) is 9.05. The molecule has 0 heterocycles. The molecule has 1 aromatic carbocycles. The molecular formula is C13H18O. The lowest BCUT2D eigenvalue weighted by Gasteiger charge is -2.23. The van der Waals surface area contributed by atoms with Gasteiger partial charge in [-0.05, 0) is 48.4 Å². The van der Waals surface area contributed by atoms with Crippen molar-refractivity contribution in [1.82, 2.24) is 0 Å². The summed E-state index contributed by atoms with van der Waals surface area (Å²) in [6, 6.07) is 6.51. The molecule has 0 saturated carbocycles. The second-order valence-electron chi connectivity index (χ2n) is 4.15. The Morgan fingerprint density at radius 2 is 2.21 bits per heavy atom. The lowest BCUT2D eigenvalue weighted by atomic mass is 9.82. The van der Waals surface area contributed by atoms with Crippen LogP contribution < -0.4 is 4.74 Å². The zero-order chi connectivity index (χ0) is 9.97. The molecule has 1 aliphatic carbocycles. The van der Waals surface area contributed by atoms with Gasteiger partial charge in [-0.15, -0.1) is 0 Å². The molecule has 0 spiro atoms. The first-order valence-electron chi connectivity index (χ1n) is 5.49. The molecule has 76 valence electrons. The normalized spacial score (nSPS) is 20.3. The summed E-state index contributed by atoms with van der Waals surface area (Å²) in [5.41, 5.74) is 3.03. The van der Waals surface area contributed by atoms with Gasteiger partial charge in [-0.1, -0.05) is 19.4 Å². The highest BCUT2D eigenvalue weighted by Gasteiger charge is 2.17. The fourth-order valence-electron chi connectivity index (χ4n) is 2.28. The second-order valence-corrected chi connectivity index (χ2v) is 4.15. The molecule has 2 rings (SSSR count). The van der Waals surface area contributed by atoms with Crippen molar-refractivity contribution < 1.29 is 4.74 Å². The van der Waals surface area contributed by atoms with Gasteiger partial charge in [0.25, 0.3) is 0 Å². The van der Waals surface area contributed by atoms with Crippen LogP contribution in [0, 0.1) is 5.92 Å². The minimum absolute atomic E-state index is 0.899. The first-order chi connectivity index (χ1) is 6.83. The van der Waals surface area contributed by atoms with Gasteiger partial charge in [0.05, 0.1) is 7.11 Å². The Morgan fingerprint density at radius 3 is 2.93 bits per heavy atom. The fraction of sp³-hybridized carbons (Fsp3) is 0.538. The quantitative estimate of drug-likeness (QED) is 0.695. The maximum Gasteiger partial charge on any atom is 0.119 e. The summed E-state index contributed by atoms with van der Waals surface area (Å²) in [5, 5.41) is 0. The van der Waals surface area contributed by atoms with Crippen LogP contribution in [0.3, 0.4) is 0 Å². The van der Waals surface area contributed by atoms with Crippen molar-refractivity contribution in [3.05, 3.63) is 29.3 Å². The van der Waals surface area contributed by atoms with Crippen molar-refractivity contribution in [3.8, 4) is 5.75 Å². The molecule has 0 N–H and O–H groups in total. The van der Waals surface area contributed by atoms with Crippen LogP contribution in [-0.4, -0.2) is 7.11 Å². The molecule has 0 bridgehead atoms. The van der Waals surface area contributed by atoms with Gasteiger partial charge in [-0.25, -0.2) is 0 Å². The third-order valence-electron chi connectivity index (χ3n) is 3.32. The van der Waals surface area contributed by atoms with Crippen LogP contribution in [-0.2, 0) is 12.8 Å². The van der Waals surface area contributed by atoms with Crippen LogP contribution in [0.1, 0.15) is 30.9 Å². The van der Waals surface area contributed by atoms with Crippen molar-refractivity contribution in [3.63, 3.8) is 0 Å². The fourth-order valence-corrected chi connectivity index (χ4v) is 2.28. The SMILES string of the molecule is CC[C@H]1CCc2cc(OC)ccc2C1. The Balaban J connectivity index is 2.23. The van der Waals surface area contributed by atoms with Gasteiger partial charge in [0.2, 0.25) is 0 Å². The number of benzene rings is 1. The van der Waals surface area contributed by atoms with Crippen LogP contribution >= 0.6 is 0 Å². The highest BCUT2D eigenvalue weighted by molar-refractivity contribution is 5.37. The maximum atomic E-state index is 5.23. The molecule has 0 aromatic heterocycles. The van der Waals surface area contributed by atoms with E-state index in [1.807, 2.05) is 0 Å². The molecular weight excluding hydrogens is 172 g/mol. The first-order valence-corrected chi connectivity index (χ1v) is 5.49. The Labute approximate surface area is 86.1 Å². The van der Waals surface area contributed by atoms with Crippen molar-refractivity contribution >= 4 is 0 Å². The predicted octanol–water partition coefficient (Wildman–Crippen LogP) is 3.21. The minimum atomic E-state index is 0.899. The maximum absolute atomic E-state index is 5.23. The highest BCUT2D eigenvalue weighted by Crippen LogP contribution is 2.29. The minimum Gasteiger partial charge on any atom is -0.497 e. The van der Waals surface area contributed by atoms with E-state index >= 15 is 0 Å². The molecule has 1 heteroatoms. The lowest BCUT2D eigenvalue weighted by molar-refractivity contribution is 0.409. The van der Waals surface area contributed by atoms with Crippen LogP contribution in [0.5, 0.6) is 5.75 Å². The Kier molecular flexibility index (Phi) is 2.76. The Bertz CT molecular complexity index is 317. The van der Waals surface area contributed by atoms with E-state index in [1.54, 1.807) is 7.11 Å². The van der Waals surface area contributed by atoms with E-state index in [1.165, 1.54) is 36.8 Å². The van der Waals surface area contributed by atoms with Crippen LogP contribution in [0.2, 0.25) is 0 Å². The summed E-state index contributed by atoms with van der Waals surface area (Å²) in [6.07, 6.45) is 5.14. The van der Waals surface area contributed by atoms with Crippen molar-refractivity contribution in [2.24, 2.45) is 5.92 Å². The van der Waals surface area contributed by atoms with Crippen molar-refractivity contribution in [1.29, 1.82) is 0 Å². The smallest absolute Gasteiger partial charge is 0.119 e. The third kappa shape index (κ3) is 1.77. The summed E-state index contributed by atoms with van der Waals surface area (Å²) in [5.74, 6) is 1.90. The van der Waals surface area contributed by atoms with E-state index in [9.17, 15) is 0 Å². The highest BCUT2D eigenvalue weighted by atomic mass is 16.5. The summed E-state index contributed by atoms with van der Waals surface area (Å²) >= 11 is 0. The summed E-state index contributed by atoms with van der Waals surface area (Å²) in [4.78, 5) is 0. The summed E-state index contributed by atoms with van der Waals surface area (Å²) < 4.78 is 5.23. The summed E-state index contributed by atoms with van der Waals surface area (Å²) in [7, 11) is 1.74. The van der Waals surface area contributed by atoms with E-state index in [0.717, 1.165) is 11.7 Å². The molecule has 0 saturated heterocycles. The molecule has 0 radical (unpaired) electrons. The molecule has 1 atom stereocenters. The summed E-state index contributed by atoms with van der Waals surface area (Å²) in [6.45, 7) is 2.29. The molecule has 14 heavy (non-hydrogen) atoms. The number of methoxy groups -OCH3 is 1. The number of fused-ring (bicyclic) bond motifs is 1. The molecule has 0 amide bonds. The number of hydrogen-bond acceptors (Lipinski definition) is 1. The van der Waals surface area contributed by atoms with Crippen molar-refractivity contribution in [2.75, 3.05) is 7.11 Å². The van der Waals surface area contributed by atoms with Crippen LogP contribution in [0.25, 0.3) is 0 Å². The average molecular weight is 190 g/mol. The van der Waals surface area contributed by atoms with E-state index in [-0.39, 0.29) is 0 Å². The molecule has 0 unspecified atom stereocenters. The first kappa shape index (κ1) is 9.57. The number of aryl methyl sites for hydroxylation is 1. The molecule has 0 aliphatic heterocycles. The molecule has 1 aliphatic rings. The Morgan fingerprint density at radius 1 is 1.36 bits per heavy atom. The molecule has 1 aromatic rings. The number of rotatable bonds is 2. The van der Waals surface area contributed by atoms with E-state index in [4.69, 9.17) is 4.74 Å². The van der Waals surface area contributed by atoms with Gasteiger partial charge in [-0.3, -0.25) is 0 Å². The second kappa shape index (κ2) is 4.04. The largest absolute Gasteiger partial charge is 0.497 e. The third-order valence-corrected chi connectivity index (χ3v) is 3.32. The standard InChI is InChI=1S/C13H18O/c1-3-10-4-5-12-9-13(14-2)7-6-11(12)8-10/h6-7,9-10H,3-5,8H2,1-2H3/t10-/m0/s1. The average Bonchev–Trinajstić information content (AvgIpc) is 2.27. The molecule has 1 nitrogen and oxygen atoms in total. The van der Waals surface area contributed by atoms with Gasteiger partial charge in [-0.2, -0.15) is 0 Å². The number of hydrogen-bond donors (Lipinski definition) is 0. The van der Waals surface area contributed by atoms with Gasteiger partial charge in [0, 0.05) is 0 Å². The molecule has 0 fully saturated rings. The Hall–Kier alpha value is -0.980. The van der Waals surface area contributed by atoms with E-state index < -0.39 is 0 Å². The predicted molar refractivity (Wildman–Crippen MR) is 58.8 cm³/mol. The van der Waals surface area contributed by atoms with Crippen LogP contribution in [0.4, 0.5) is 0 Å². The number of ether oxygens (including phenoxy) is 1. The zero-order valence-electron chi connectivity index (χ0n) is 9.05. The van der Waals surface area contributed by atoms with Gasteiger partial charge in [0.15, 0.2) is 0 Å². The van der Waals surface area contributed by atoms with Crippen molar-refractivity contribution in [2.45, 2.75) is 32.6 Å². The monoisotopic (exact) mass is 190 g/mol. The van der Waals surface area contributed by atoms with Gasteiger partial charge >= 0.3 is 0 Å². The van der Waals surface area contributed by atoms with Gasteiger partial charge in [0.1, 0.15) is 5.75 Å². The van der Waals surface area contributed by atoms with Crippen LogP contribution in [0.15, 0.2) is 18.2 Å². The van der Waals surface area contributed by atoms with E-state index in [0.29, 0.717) is 0 Å². The lowest BCUT2D eigenvalue weighted by Crippen LogP contribution is -2.13. The van der Waals surface area contributed by atoms with E-state index in [2.05, 4.69) is 25.1 Å². The van der Waals surface area contributed by atoms with Gasteiger partial charge < -0.3 is 4.74 Å².